The Morgan fingerprint density at radius 1 is 1.41 bits per heavy atom. The molecule has 22 heavy (non-hydrogen) atoms. The van der Waals surface area contributed by atoms with Crippen LogP contribution >= 0.6 is 0 Å². The molecule has 2 aromatic rings. The van der Waals surface area contributed by atoms with E-state index in [1.165, 1.54) is 12.3 Å². The van der Waals surface area contributed by atoms with Gasteiger partial charge in [-0.05, 0) is 42.8 Å². The van der Waals surface area contributed by atoms with Crippen LogP contribution in [0, 0.1) is 11.3 Å². The average Bonchev–Trinajstić information content (AvgIpc) is 2.54. The molecule has 0 radical (unpaired) electrons. The molecule has 0 aliphatic carbocycles. The Labute approximate surface area is 128 Å². The van der Waals surface area contributed by atoms with Crippen molar-refractivity contribution in [1.82, 2.24) is 4.98 Å². The second-order valence-electron chi connectivity index (χ2n) is 4.37. The van der Waals surface area contributed by atoms with Gasteiger partial charge in [-0.15, -0.1) is 0 Å². The summed E-state index contributed by atoms with van der Waals surface area (Å²) in [6, 6.07) is 12.5. The van der Waals surface area contributed by atoms with E-state index in [0.717, 1.165) is 5.56 Å². The van der Waals surface area contributed by atoms with Crippen LogP contribution < -0.4 is 10.1 Å². The highest BCUT2D eigenvalue weighted by atomic mass is 16.5. The van der Waals surface area contributed by atoms with Crippen LogP contribution in [-0.2, 0) is 4.79 Å². The molecule has 0 saturated carbocycles. The molecule has 1 aromatic heterocycles. The minimum absolute atomic E-state index is 0.0116. The fourth-order valence-electron chi connectivity index (χ4n) is 1.81. The lowest BCUT2D eigenvalue weighted by Crippen LogP contribution is -2.13. The number of anilines is 1. The summed E-state index contributed by atoms with van der Waals surface area (Å²) in [4.78, 5) is 16.0. The maximum absolute atomic E-state index is 12.1. The van der Waals surface area contributed by atoms with Crippen LogP contribution in [0.3, 0.4) is 0 Å². The number of hydrogen-bond acceptors (Lipinski definition) is 4. The van der Waals surface area contributed by atoms with Crippen molar-refractivity contribution in [2.45, 2.75) is 6.92 Å². The number of aromatic nitrogens is 1. The molecule has 0 unspecified atom stereocenters. The lowest BCUT2D eigenvalue weighted by Gasteiger charge is -2.05. The van der Waals surface area contributed by atoms with Crippen molar-refractivity contribution in [2.24, 2.45) is 0 Å². The fourth-order valence-corrected chi connectivity index (χ4v) is 1.81. The Balaban J connectivity index is 2.18. The van der Waals surface area contributed by atoms with Crippen molar-refractivity contribution in [3.63, 3.8) is 0 Å². The first-order valence-electron chi connectivity index (χ1n) is 6.79. The van der Waals surface area contributed by atoms with Gasteiger partial charge in [-0.2, -0.15) is 5.26 Å². The normalized spacial score (nSPS) is 10.6. The molecule has 0 bridgehead atoms. The van der Waals surface area contributed by atoms with E-state index >= 15 is 0 Å². The summed E-state index contributed by atoms with van der Waals surface area (Å²) in [6.07, 6.45) is 4.65. The van der Waals surface area contributed by atoms with Crippen LogP contribution in [0.4, 0.5) is 5.69 Å². The van der Waals surface area contributed by atoms with Crippen LogP contribution in [0.2, 0.25) is 0 Å². The second kappa shape index (κ2) is 7.60. The highest BCUT2D eigenvalue weighted by molar-refractivity contribution is 6.09. The van der Waals surface area contributed by atoms with Gasteiger partial charge in [0, 0.05) is 6.20 Å². The summed E-state index contributed by atoms with van der Waals surface area (Å²) in [7, 11) is 0. The van der Waals surface area contributed by atoms with E-state index in [4.69, 9.17) is 4.74 Å². The van der Waals surface area contributed by atoms with Gasteiger partial charge in [-0.3, -0.25) is 9.78 Å². The van der Waals surface area contributed by atoms with Gasteiger partial charge in [-0.25, -0.2) is 0 Å². The van der Waals surface area contributed by atoms with Crippen molar-refractivity contribution in [3.8, 4) is 11.8 Å². The third-order valence-corrected chi connectivity index (χ3v) is 2.76. The Kier molecular flexibility index (Phi) is 5.27. The van der Waals surface area contributed by atoms with Gasteiger partial charge in [-0.1, -0.05) is 12.1 Å². The van der Waals surface area contributed by atoms with Gasteiger partial charge in [0.25, 0.3) is 5.91 Å². The zero-order valence-electron chi connectivity index (χ0n) is 12.1. The van der Waals surface area contributed by atoms with Crippen LogP contribution in [0.1, 0.15) is 12.5 Å². The monoisotopic (exact) mass is 293 g/mol. The zero-order chi connectivity index (χ0) is 15.8. The average molecular weight is 293 g/mol. The Hall–Kier alpha value is -3.13. The first kappa shape index (κ1) is 15.3. The summed E-state index contributed by atoms with van der Waals surface area (Å²) < 4.78 is 5.40. The Bertz CT molecular complexity index is 718. The lowest BCUT2D eigenvalue weighted by atomic mass is 10.1. The number of amides is 1. The largest absolute Gasteiger partial charge is 0.494 e. The molecule has 5 heteroatoms. The third-order valence-electron chi connectivity index (χ3n) is 2.76. The van der Waals surface area contributed by atoms with Gasteiger partial charge in [0.05, 0.1) is 18.5 Å². The van der Waals surface area contributed by atoms with Crippen molar-refractivity contribution < 1.29 is 9.53 Å². The SMILES string of the molecule is CCOc1cccc(/C=C(\C#N)C(=O)Nc2cccnc2)c1. The summed E-state index contributed by atoms with van der Waals surface area (Å²) in [6.45, 7) is 2.45. The van der Waals surface area contributed by atoms with E-state index in [-0.39, 0.29) is 5.57 Å². The summed E-state index contributed by atoms with van der Waals surface area (Å²) in [5, 5.41) is 11.8. The number of benzene rings is 1. The number of rotatable bonds is 5. The third kappa shape index (κ3) is 4.18. The molecule has 5 nitrogen and oxygen atoms in total. The first-order chi connectivity index (χ1) is 10.7. The van der Waals surface area contributed by atoms with Crippen molar-refractivity contribution in [3.05, 3.63) is 59.9 Å². The number of carbonyl (C=O) groups excluding carboxylic acids is 1. The molecule has 0 saturated heterocycles. The van der Waals surface area contributed by atoms with Crippen LogP contribution in [-0.4, -0.2) is 17.5 Å². The van der Waals surface area contributed by atoms with Crippen LogP contribution in [0.5, 0.6) is 5.75 Å². The molecular formula is C17H15N3O2. The lowest BCUT2D eigenvalue weighted by molar-refractivity contribution is -0.112. The van der Waals surface area contributed by atoms with Gasteiger partial charge >= 0.3 is 0 Å². The smallest absolute Gasteiger partial charge is 0.266 e. The number of nitrogens with zero attached hydrogens (tertiary/aromatic N) is 2. The van der Waals surface area contributed by atoms with Crippen molar-refractivity contribution in [2.75, 3.05) is 11.9 Å². The standard InChI is InChI=1S/C17H15N3O2/c1-2-22-16-7-3-5-13(10-16)9-14(11-18)17(21)20-15-6-4-8-19-12-15/h3-10,12H,2H2,1H3,(H,20,21)/b14-9+. The fraction of sp³-hybridized carbons (Fsp3) is 0.118. The minimum atomic E-state index is -0.475. The Morgan fingerprint density at radius 3 is 2.95 bits per heavy atom. The number of hydrogen-bond donors (Lipinski definition) is 1. The maximum Gasteiger partial charge on any atom is 0.266 e. The molecule has 1 N–H and O–H groups in total. The molecule has 110 valence electrons. The quantitative estimate of drug-likeness (QED) is 0.679. The number of carbonyl (C=O) groups is 1. The van der Waals surface area contributed by atoms with E-state index in [1.54, 1.807) is 30.5 Å². The minimum Gasteiger partial charge on any atom is -0.494 e. The van der Waals surface area contributed by atoms with Crippen LogP contribution in [0.15, 0.2) is 54.4 Å². The number of nitriles is 1. The summed E-state index contributed by atoms with van der Waals surface area (Å²) >= 11 is 0. The molecule has 0 fully saturated rings. The number of pyridine rings is 1. The molecule has 1 amide bonds. The molecular weight excluding hydrogens is 278 g/mol. The van der Waals surface area contributed by atoms with Gasteiger partial charge < -0.3 is 10.1 Å². The van der Waals surface area contributed by atoms with Gasteiger partial charge in [0.2, 0.25) is 0 Å². The molecule has 1 heterocycles. The van der Waals surface area contributed by atoms with E-state index in [9.17, 15) is 10.1 Å². The molecule has 0 aliphatic rings. The Morgan fingerprint density at radius 2 is 2.27 bits per heavy atom. The predicted octanol–water partition coefficient (Wildman–Crippen LogP) is 3.03. The van der Waals surface area contributed by atoms with Crippen molar-refractivity contribution >= 4 is 17.7 Å². The zero-order valence-corrected chi connectivity index (χ0v) is 12.1. The van der Waals surface area contributed by atoms with Gasteiger partial charge in [0.15, 0.2) is 0 Å². The molecule has 0 atom stereocenters. The molecule has 0 aliphatic heterocycles. The highest BCUT2D eigenvalue weighted by Gasteiger charge is 2.09. The van der Waals surface area contributed by atoms with Crippen molar-refractivity contribution in [1.29, 1.82) is 5.26 Å². The van der Waals surface area contributed by atoms with E-state index in [1.807, 2.05) is 25.1 Å². The van der Waals surface area contributed by atoms with Crippen LogP contribution in [0.25, 0.3) is 6.08 Å². The number of ether oxygens (including phenoxy) is 1. The topological polar surface area (TPSA) is 75.0 Å². The summed E-state index contributed by atoms with van der Waals surface area (Å²) in [5.41, 5.74) is 1.28. The second-order valence-corrected chi connectivity index (χ2v) is 4.37. The first-order valence-corrected chi connectivity index (χ1v) is 6.79. The van der Waals surface area contributed by atoms with E-state index in [0.29, 0.717) is 18.0 Å². The van der Waals surface area contributed by atoms with E-state index < -0.39 is 5.91 Å². The van der Waals surface area contributed by atoms with E-state index in [2.05, 4.69) is 10.3 Å². The number of nitrogens with one attached hydrogen (secondary N) is 1. The highest BCUT2D eigenvalue weighted by Crippen LogP contribution is 2.16. The van der Waals surface area contributed by atoms with Gasteiger partial charge in [0.1, 0.15) is 17.4 Å². The summed E-state index contributed by atoms with van der Waals surface area (Å²) in [5.74, 6) is 0.221. The molecule has 2 rings (SSSR count). The predicted molar refractivity (Wildman–Crippen MR) is 84.1 cm³/mol. The molecule has 0 spiro atoms. The maximum atomic E-state index is 12.1. The molecule has 1 aromatic carbocycles.